The molecule has 0 aliphatic rings. The molecule has 0 atom stereocenters. The minimum atomic E-state index is 0.833. The van der Waals surface area contributed by atoms with Crippen molar-refractivity contribution < 1.29 is 0 Å². The topological polar surface area (TPSA) is 43.8 Å². The van der Waals surface area contributed by atoms with Crippen molar-refractivity contribution in [3.8, 4) is 11.3 Å². The first-order chi connectivity index (χ1) is 10.6. The molecule has 3 rings (SSSR count). The summed E-state index contributed by atoms with van der Waals surface area (Å²) in [6.07, 6.45) is 1.88. The zero-order valence-corrected chi connectivity index (χ0v) is 13.6. The van der Waals surface area contributed by atoms with Gasteiger partial charge in [-0.05, 0) is 25.0 Å². The van der Waals surface area contributed by atoms with Gasteiger partial charge in [-0.15, -0.1) is 0 Å². The first kappa shape index (κ1) is 14.7. The van der Waals surface area contributed by atoms with Gasteiger partial charge in [-0.3, -0.25) is 0 Å². The maximum atomic E-state index is 6.04. The summed E-state index contributed by atoms with van der Waals surface area (Å²) >= 11 is 1.67. The molecule has 0 amide bonds. The number of nitrogen functional groups attached to an aromatic ring is 1. The van der Waals surface area contributed by atoms with E-state index < -0.39 is 0 Å². The molecule has 2 N–H and O–H groups in total. The minimum absolute atomic E-state index is 0.833. The van der Waals surface area contributed by atoms with Crippen molar-refractivity contribution in [1.29, 1.82) is 0 Å². The molecule has 0 bridgehead atoms. The quantitative estimate of drug-likeness (QED) is 0.581. The fourth-order valence-electron chi connectivity index (χ4n) is 2.33. The highest BCUT2D eigenvalue weighted by atomic mass is 32.2. The van der Waals surface area contributed by atoms with Crippen LogP contribution < -0.4 is 5.84 Å². The summed E-state index contributed by atoms with van der Waals surface area (Å²) in [5.74, 6) is 6.92. The summed E-state index contributed by atoms with van der Waals surface area (Å²) in [6.45, 7) is 4.25. The van der Waals surface area contributed by atoms with Crippen molar-refractivity contribution in [3.63, 3.8) is 0 Å². The van der Waals surface area contributed by atoms with Gasteiger partial charge in [0.25, 0.3) is 0 Å². The van der Waals surface area contributed by atoms with E-state index >= 15 is 0 Å². The highest BCUT2D eigenvalue weighted by molar-refractivity contribution is 7.98. The molecular formula is C18H19N3S. The SMILES string of the molecule is Cc1ccc(C)c(CSc2nc(-c3ccccc3)cn2N)c1. The fraction of sp³-hybridized carbons (Fsp3) is 0.167. The van der Waals surface area contributed by atoms with E-state index in [4.69, 9.17) is 5.84 Å². The third kappa shape index (κ3) is 3.17. The van der Waals surface area contributed by atoms with Crippen molar-refractivity contribution in [3.05, 3.63) is 71.4 Å². The van der Waals surface area contributed by atoms with E-state index in [1.807, 2.05) is 36.5 Å². The van der Waals surface area contributed by atoms with Gasteiger partial charge in [-0.2, -0.15) is 0 Å². The average molecular weight is 309 g/mol. The highest BCUT2D eigenvalue weighted by Gasteiger charge is 2.09. The molecule has 0 fully saturated rings. The zero-order valence-electron chi connectivity index (χ0n) is 12.8. The Morgan fingerprint density at radius 3 is 2.64 bits per heavy atom. The summed E-state index contributed by atoms with van der Waals surface area (Å²) in [6, 6.07) is 16.6. The van der Waals surface area contributed by atoms with E-state index in [2.05, 4.69) is 37.0 Å². The van der Waals surface area contributed by atoms with Crippen LogP contribution in [0.5, 0.6) is 0 Å². The van der Waals surface area contributed by atoms with Crippen LogP contribution in [0, 0.1) is 13.8 Å². The Morgan fingerprint density at radius 2 is 1.86 bits per heavy atom. The van der Waals surface area contributed by atoms with Crippen LogP contribution in [0.3, 0.4) is 0 Å². The maximum absolute atomic E-state index is 6.04. The number of thioether (sulfide) groups is 1. The Bertz CT molecular complexity index is 778. The van der Waals surface area contributed by atoms with Crippen LogP contribution in [-0.4, -0.2) is 9.66 Å². The Kier molecular flexibility index (Phi) is 4.20. The first-order valence-corrected chi connectivity index (χ1v) is 8.21. The lowest BCUT2D eigenvalue weighted by molar-refractivity contribution is 0.851. The van der Waals surface area contributed by atoms with Crippen LogP contribution >= 0.6 is 11.8 Å². The van der Waals surface area contributed by atoms with Gasteiger partial charge in [0.15, 0.2) is 5.16 Å². The van der Waals surface area contributed by atoms with E-state index in [1.54, 1.807) is 16.4 Å². The summed E-state index contributed by atoms with van der Waals surface area (Å²) in [4.78, 5) is 4.65. The predicted octanol–water partition coefficient (Wildman–Crippen LogP) is 4.17. The Balaban J connectivity index is 1.79. The number of hydrogen-bond acceptors (Lipinski definition) is 3. The van der Waals surface area contributed by atoms with Crippen LogP contribution in [0.4, 0.5) is 0 Å². The van der Waals surface area contributed by atoms with E-state index in [0.29, 0.717) is 0 Å². The third-order valence-electron chi connectivity index (χ3n) is 3.63. The molecule has 0 aliphatic carbocycles. The van der Waals surface area contributed by atoms with Crippen molar-refractivity contribution in [2.75, 3.05) is 5.84 Å². The molecule has 1 heterocycles. The average Bonchev–Trinajstić information content (AvgIpc) is 2.90. The van der Waals surface area contributed by atoms with E-state index in [1.165, 1.54) is 16.7 Å². The molecule has 4 heteroatoms. The monoisotopic (exact) mass is 309 g/mol. The van der Waals surface area contributed by atoms with Crippen LogP contribution in [-0.2, 0) is 5.75 Å². The van der Waals surface area contributed by atoms with Crippen molar-refractivity contribution in [1.82, 2.24) is 9.66 Å². The molecular weight excluding hydrogens is 290 g/mol. The second kappa shape index (κ2) is 6.28. The Morgan fingerprint density at radius 1 is 1.09 bits per heavy atom. The smallest absolute Gasteiger partial charge is 0.187 e. The number of imidazole rings is 1. The van der Waals surface area contributed by atoms with Crippen LogP contribution in [0.25, 0.3) is 11.3 Å². The van der Waals surface area contributed by atoms with Crippen LogP contribution in [0.15, 0.2) is 59.9 Å². The summed E-state index contributed by atoms with van der Waals surface area (Å²) in [7, 11) is 0. The van der Waals surface area contributed by atoms with Gasteiger partial charge in [0.1, 0.15) is 0 Å². The van der Waals surface area contributed by atoms with Gasteiger partial charge in [0, 0.05) is 11.3 Å². The Hall–Kier alpha value is -2.20. The lowest BCUT2D eigenvalue weighted by Crippen LogP contribution is -2.07. The number of hydrogen-bond donors (Lipinski definition) is 1. The van der Waals surface area contributed by atoms with Gasteiger partial charge in [0.2, 0.25) is 0 Å². The Labute approximate surface area is 135 Å². The maximum Gasteiger partial charge on any atom is 0.187 e. The first-order valence-electron chi connectivity index (χ1n) is 7.22. The number of nitrogens with zero attached hydrogens (tertiary/aromatic N) is 2. The van der Waals surface area contributed by atoms with E-state index in [-0.39, 0.29) is 0 Å². The van der Waals surface area contributed by atoms with Crippen LogP contribution in [0.1, 0.15) is 16.7 Å². The van der Waals surface area contributed by atoms with E-state index in [0.717, 1.165) is 22.2 Å². The lowest BCUT2D eigenvalue weighted by Gasteiger charge is -2.06. The molecule has 0 spiro atoms. The summed E-state index contributed by atoms with van der Waals surface area (Å²) in [5.41, 5.74) is 5.90. The van der Waals surface area contributed by atoms with Crippen molar-refractivity contribution >= 4 is 11.8 Å². The molecule has 3 nitrogen and oxygen atoms in total. The summed E-state index contributed by atoms with van der Waals surface area (Å²) < 4.78 is 1.61. The van der Waals surface area contributed by atoms with E-state index in [9.17, 15) is 0 Å². The molecule has 0 unspecified atom stereocenters. The van der Waals surface area contributed by atoms with Gasteiger partial charge in [-0.1, -0.05) is 65.9 Å². The number of aromatic nitrogens is 2. The van der Waals surface area contributed by atoms with Gasteiger partial charge >= 0.3 is 0 Å². The molecule has 2 aromatic carbocycles. The molecule has 22 heavy (non-hydrogen) atoms. The molecule has 1 aromatic heterocycles. The number of benzene rings is 2. The largest absolute Gasteiger partial charge is 0.337 e. The standard InChI is InChI=1S/C18H19N3S/c1-13-8-9-14(2)16(10-13)12-22-18-20-17(11-21(18)19)15-6-4-3-5-7-15/h3-11H,12,19H2,1-2H3. The summed E-state index contributed by atoms with van der Waals surface area (Å²) in [5, 5.41) is 0.833. The third-order valence-corrected chi connectivity index (χ3v) is 4.64. The number of aryl methyl sites for hydroxylation is 2. The molecule has 0 saturated carbocycles. The van der Waals surface area contributed by atoms with Crippen molar-refractivity contribution in [2.45, 2.75) is 24.8 Å². The minimum Gasteiger partial charge on any atom is -0.337 e. The van der Waals surface area contributed by atoms with Gasteiger partial charge in [0.05, 0.1) is 11.9 Å². The van der Waals surface area contributed by atoms with Gasteiger partial charge < -0.3 is 5.84 Å². The number of nitrogens with two attached hydrogens (primary N) is 1. The van der Waals surface area contributed by atoms with Crippen LogP contribution in [0.2, 0.25) is 0 Å². The predicted molar refractivity (Wildman–Crippen MR) is 93.3 cm³/mol. The fourth-order valence-corrected chi connectivity index (χ4v) is 3.29. The molecule has 0 aliphatic heterocycles. The second-order valence-electron chi connectivity index (χ2n) is 5.40. The second-order valence-corrected chi connectivity index (χ2v) is 6.34. The zero-order chi connectivity index (χ0) is 15.5. The molecule has 112 valence electrons. The molecule has 0 radical (unpaired) electrons. The highest BCUT2D eigenvalue weighted by Crippen LogP contribution is 2.26. The molecule has 3 aromatic rings. The van der Waals surface area contributed by atoms with Crippen molar-refractivity contribution in [2.24, 2.45) is 0 Å². The molecule has 0 saturated heterocycles. The lowest BCUT2D eigenvalue weighted by atomic mass is 10.1. The normalized spacial score (nSPS) is 10.8. The van der Waals surface area contributed by atoms with Gasteiger partial charge in [-0.25, -0.2) is 9.66 Å². The number of rotatable bonds is 4.